The average molecular weight is 630 g/mol. The fraction of sp³-hybridized carbons (Fsp3) is 0.257. The largest absolute Gasteiger partial charge is 0.416 e. The molecular formula is C35H31ClF3N5O. The lowest BCUT2D eigenvalue weighted by Gasteiger charge is -2.32. The van der Waals surface area contributed by atoms with Crippen LogP contribution < -0.4 is 10.2 Å². The highest BCUT2D eigenvalue weighted by atomic mass is 35.5. The van der Waals surface area contributed by atoms with Crippen LogP contribution >= 0.6 is 11.6 Å². The smallest absolute Gasteiger partial charge is 0.367 e. The molecule has 0 unspecified atom stereocenters. The zero-order chi connectivity index (χ0) is 31.1. The molecule has 0 saturated carbocycles. The maximum absolute atomic E-state index is 13.7. The standard InChI is InChI=1S/C35H31ClF3N5O/c36-27-9-10-30(35(37,38)39)26(17-27)21-44-16-13-40-33-32(44)18-25(19-42-33)22-5-7-24(8-6-22)34(45)43-14-11-23(12-15-43)29-20-41-31-4-2-1-3-28(29)31/h1-10,17-20,23,41H,11-16,21H2,(H,40,42). The van der Waals surface area contributed by atoms with Gasteiger partial charge in [-0.15, -0.1) is 0 Å². The van der Waals surface area contributed by atoms with Crippen LogP contribution in [0.5, 0.6) is 0 Å². The summed E-state index contributed by atoms with van der Waals surface area (Å²) >= 11 is 6.08. The number of rotatable bonds is 5. The second kappa shape index (κ2) is 11.8. The SMILES string of the molecule is O=C(c1ccc(-c2cnc3c(c2)N(Cc2cc(Cl)ccc2C(F)(F)F)CCN3)cc1)N1CCC(c2c[nH]c3ccccc23)CC1. The molecule has 1 fully saturated rings. The molecule has 7 rings (SSSR count). The number of pyridine rings is 1. The average Bonchev–Trinajstić information content (AvgIpc) is 3.48. The fourth-order valence-electron chi connectivity index (χ4n) is 6.57. The van der Waals surface area contributed by atoms with E-state index in [1.165, 1.54) is 23.1 Å². The number of aromatic amines is 1. The zero-order valence-electron chi connectivity index (χ0n) is 24.4. The zero-order valence-corrected chi connectivity index (χ0v) is 25.1. The van der Waals surface area contributed by atoms with E-state index in [-0.39, 0.29) is 23.0 Å². The van der Waals surface area contributed by atoms with Gasteiger partial charge in [-0.3, -0.25) is 4.79 Å². The summed E-state index contributed by atoms with van der Waals surface area (Å²) in [7, 11) is 0. The van der Waals surface area contributed by atoms with E-state index in [1.807, 2.05) is 46.2 Å². The second-order valence-corrected chi connectivity index (χ2v) is 12.1. The molecule has 5 aromatic rings. The number of alkyl halides is 3. The Hall–Kier alpha value is -4.50. The summed E-state index contributed by atoms with van der Waals surface area (Å²) < 4.78 is 41.2. The van der Waals surface area contributed by atoms with E-state index in [0.29, 0.717) is 49.2 Å². The molecule has 2 aliphatic rings. The summed E-state index contributed by atoms with van der Waals surface area (Å²) in [6.45, 7) is 2.50. The summed E-state index contributed by atoms with van der Waals surface area (Å²) in [5.41, 5.74) is 4.89. The summed E-state index contributed by atoms with van der Waals surface area (Å²) in [4.78, 5) is 25.1. The molecule has 45 heavy (non-hydrogen) atoms. The lowest BCUT2D eigenvalue weighted by Crippen LogP contribution is -2.37. The Balaban J connectivity index is 1.05. The number of carbonyl (C=O) groups is 1. The molecule has 2 aromatic heterocycles. The molecule has 0 spiro atoms. The van der Waals surface area contributed by atoms with Crippen LogP contribution in [0, 0.1) is 0 Å². The van der Waals surface area contributed by atoms with Crippen molar-refractivity contribution in [2.45, 2.75) is 31.5 Å². The van der Waals surface area contributed by atoms with Crippen LogP contribution in [-0.4, -0.2) is 47.0 Å². The molecule has 230 valence electrons. The van der Waals surface area contributed by atoms with E-state index in [1.54, 1.807) is 6.20 Å². The Labute approximate surface area is 263 Å². The number of carbonyl (C=O) groups excluding carboxylic acids is 1. The predicted octanol–water partition coefficient (Wildman–Crippen LogP) is 8.35. The minimum Gasteiger partial charge on any atom is -0.367 e. The number of anilines is 2. The molecule has 3 aromatic carbocycles. The Kier molecular flexibility index (Phi) is 7.65. The van der Waals surface area contributed by atoms with Crippen molar-refractivity contribution in [2.24, 2.45) is 0 Å². The Morgan fingerprint density at radius 3 is 2.51 bits per heavy atom. The van der Waals surface area contributed by atoms with Crippen molar-refractivity contribution in [1.82, 2.24) is 14.9 Å². The highest BCUT2D eigenvalue weighted by molar-refractivity contribution is 6.30. The van der Waals surface area contributed by atoms with Gasteiger partial charge in [-0.05, 0) is 77.9 Å². The van der Waals surface area contributed by atoms with Crippen LogP contribution in [0.2, 0.25) is 5.02 Å². The number of nitrogens with one attached hydrogen (secondary N) is 2. The van der Waals surface area contributed by atoms with E-state index in [0.717, 1.165) is 35.6 Å². The highest BCUT2D eigenvalue weighted by Crippen LogP contribution is 2.38. The first-order valence-electron chi connectivity index (χ1n) is 15.0. The lowest BCUT2D eigenvalue weighted by atomic mass is 9.89. The fourth-order valence-corrected chi connectivity index (χ4v) is 6.77. The molecule has 10 heteroatoms. The number of amides is 1. The summed E-state index contributed by atoms with van der Waals surface area (Å²) in [5.74, 6) is 1.04. The predicted molar refractivity (Wildman–Crippen MR) is 172 cm³/mol. The number of nitrogens with zero attached hydrogens (tertiary/aromatic N) is 3. The third-order valence-corrected chi connectivity index (χ3v) is 9.16. The molecular weight excluding hydrogens is 599 g/mol. The number of fused-ring (bicyclic) bond motifs is 2. The van der Waals surface area contributed by atoms with E-state index >= 15 is 0 Å². The lowest BCUT2D eigenvalue weighted by molar-refractivity contribution is -0.138. The van der Waals surface area contributed by atoms with Crippen LogP contribution in [0.15, 0.2) is 85.2 Å². The van der Waals surface area contributed by atoms with Crippen molar-refractivity contribution in [3.05, 3.63) is 112 Å². The topological polar surface area (TPSA) is 64.3 Å². The quantitative estimate of drug-likeness (QED) is 0.205. The van der Waals surface area contributed by atoms with Gasteiger partial charge in [-0.25, -0.2) is 4.98 Å². The first-order chi connectivity index (χ1) is 21.7. The van der Waals surface area contributed by atoms with Crippen LogP contribution in [-0.2, 0) is 12.7 Å². The van der Waals surface area contributed by atoms with Crippen molar-refractivity contribution in [3.63, 3.8) is 0 Å². The Morgan fingerprint density at radius 2 is 1.73 bits per heavy atom. The van der Waals surface area contributed by atoms with Gasteiger partial charge >= 0.3 is 6.18 Å². The van der Waals surface area contributed by atoms with E-state index in [9.17, 15) is 18.0 Å². The van der Waals surface area contributed by atoms with Gasteiger partial charge in [0.25, 0.3) is 5.91 Å². The number of aromatic nitrogens is 2. The molecule has 2 N–H and O–H groups in total. The third-order valence-electron chi connectivity index (χ3n) is 8.92. The number of piperidine rings is 1. The molecule has 0 radical (unpaired) electrons. The summed E-state index contributed by atoms with van der Waals surface area (Å²) in [5, 5.41) is 4.75. The van der Waals surface area contributed by atoms with E-state index < -0.39 is 11.7 Å². The van der Waals surface area contributed by atoms with Gasteiger partial charge in [0.1, 0.15) is 5.82 Å². The van der Waals surface area contributed by atoms with Gasteiger partial charge in [0.05, 0.1) is 11.3 Å². The van der Waals surface area contributed by atoms with E-state index in [4.69, 9.17) is 11.6 Å². The Bertz CT molecular complexity index is 1860. The molecule has 1 saturated heterocycles. The molecule has 0 bridgehead atoms. The Morgan fingerprint density at radius 1 is 0.956 bits per heavy atom. The van der Waals surface area contributed by atoms with Crippen molar-refractivity contribution < 1.29 is 18.0 Å². The van der Waals surface area contributed by atoms with Gasteiger partial charge < -0.3 is 20.1 Å². The number of benzene rings is 3. The number of hydrogen-bond donors (Lipinski definition) is 2. The first kappa shape index (κ1) is 29.2. The van der Waals surface area contributed by atoms with Gasteiger partial charge in [0, 0.05) is 72.2 Å². The maximum Gasteiger partial charge on any atom is 0.416 e. The number of H-pyrrole nitrogens is 1. The van der Waals surface area contributed by atoms with Crippen molar-refractivity contribution in [3.8, 4) is 11.1 Å². The number of para-hydroxylation sites is 1. The highest BCUT2D eigenvalue weighted by Gasteiger charge is 2.34. The molecule has 6 nitrogen and oxygen atoms in total. The second-order valence-electron chi connectivity index (χ2n) is 11.7. The minimum absolute atomic E-state index is 0.0138. The minimum atomic E-state index is -4.48. The van der Waals surface area contributed by atoms with Gasteiger partial charge in [0.2, 0.25) is 0 Å². The number of halogens is 4. The van der Waals surface area contributed by atoms with Crippen LogP contribution in [0.3, 0.4) is 0 Å². The van der Waals surface area contributed by atoms with Crippen LogP contribution in [0.25, 0.3) is 22.0 Å². The monoisotopic (exact) mass is 629 g/mol. The van der Waals surface area contributed by atoms with Crippen LogP contribution in [0.4, 0.5) is 24.7 Å². The van der Waals surface area contributed by atoms with Crippen molar-refractivity contribution >= 4 is 39.9 Å². The third kappa shape index (κ3) is 5.84. The molecule has 2 aliphatic heterocycles. The van der Waals surface area contributed by atoms with Crippen molar-refractivity contribution in [2.75, 3.05) is 36.4 Å². The van der Waals surface area contributed by atoms with Crippen LogP contribution in [0.1, 0.15) is 45.8 Å². The molecule has 0 atom stereocenters. The normalized spacial score (nSPS) is 15.6. The van der Waals surface area contributed by atoms with Gasteiger partial charge in [0.15, 0.2) is 0 Å². The van der Waals surface area contributed by atoms with E-state index in [2.05, 4.69) is 39.7 Å². The first-order valence-corrected chi connectivity index (χ1v) is 15.4. The number of likely N-dealkylation sites (tertiary alicyclic amines) is 1. The van der Waals surface area contributed by atoms with Gasteiger partial charge in [-0.1, -0.05) is 41.9 Å². The van der Waals surface area contributed by atoms with Gasteiger partial charge in [-0.2, -0.15) is 13.2 Å². The number of hydrogen-bond acceptors (Lipinski definition) is 4. The summed E-state index contributed by atoms with van der Waals surface area (Å²) in [6.07, 6.45) is 1.19. The summed E-state index contributed by atoms with van der Waals surface area (Å²) in [6, 6.07) is 21.4. The molecule has 4 heterocycles. The molecule has 1 amide bonds. The van der Waals surface area contributed by atoms with Crippen molar-refractivity contribution in [1.29, 1.82) is 0 Å². The molecule has 0 aliphatic carbocycles. The maximum atomic E-state index is 13.7.